The maximum absolute atomic E-state index is 10.3. The van der Waals surface area contributed by atoms with E-state index < -0.39 is 17.5 Å². The Morgan fingerprint density at radius 1 is 1.75 bits per heavy atom. The average molecular weight is 219 g/mol. The van der Waals surface area contributed by atoms with Crippen molar-refractivity contribution in [2.24, 2.45) is 0 Å². The fourth-order valence-corrected chi connectivity index (χ4v) is 1.15. The minimum absolute atomic E-state index is 0.351. The van der Waals surface area contributed by atoms with Gasteiger partial charge in [0.1, 0.15) is 0 Å². The molecule has 0 aromatic heterocycles. The summed E-state index contributed by atoms with van der Waals surface area (Å²) in [5.41, 5.74) is 0. The number of hydrogen-bond acceptors (Lipinski definition) is 2. The number of carbonyl (C=O) groups excluding carboxylic acids is 1. The Labute approximate surface area is 60.7 Å². The first-order chi connectivity index (χ1) is 3.68. The van der Waals surface area contributed by atoms with Crippen LogP contribution in [-0.4, -0.2) is 24.1 Å². The van der Waals surface area contributed by atoms with Crippen LogP contribution in [0.2, 0.25) is 0 Å². The molecule has 0 spiro atoms. The summed E-state index contributed by atoms with van der Waals surface area (Å²) in [6.07, 6.45) is 0. The molecule has 0 N–H and O–H groups in total. The Kier molecular flexibility index (Phi) is 4.82. The van der Waals surface area contributed by atoms with E-state index in [0.29, 0.717) is 6.61 Å². The number of halogens is 2. The predicted molar refractivity (Wildman–Crippen MR) is 34.5 cm³/mol. The topological polar surface area (TPSA) is 26.3 Å². The Morgan fingerprint density at radius 3 is 2.38 bits per heavy atom. The molecule has 0 bridgehead atoms. The second kappa shape index (κ2) is 4.48. The summed E-state index contributed by atoms with van der Waals surface area (Å²) in [5, 5.41) is 0. The van der Waals surface area contributed by atoms with Crippen molar-refractivity contribution < 1.29 is 9.53 Å². The van der Waals surface area contributed by atoms with Gasteiger partial charge in [-0.3, -0.25) is 0 Å². The van der Waals surface area contributed by atoms with Crippen LogP contribution >= 0.6 is 19.9 Å². The van der Waals surface area contributed by atoms with Crippen LogP contribution in [0.1, 0.15) is 6.92 Å². The van der Waals surface area contributed by atoms with Gasteiger partial charge in [-0.2, -0.15) is 0 Å². The molecule has 0 aliphatic rings. The minimum atomic E-state index is -2.26. The van der Waals surface area contributed by atoms with E-state index in [-0.39, 0.29) is 0 Å². The van der Waals surface area contributed by atoms with Gasteiger partial charge < -0.3 is 0 Å². The van der Waals surface area contributed by atoms with Crippen molar-refractivity contribution in [2.45, 2.75) is 6.92 Å². The van der Waals surface area contributed by atoms with E-state index in [1.165, 1.54) is 0 Å². The average Bonchev–Trinajstić information content (AvgIpc) is 1.67. The predicted octanol–water partition coefficient (Wildman–Crippen LogP) is 1.69. The molecule has 48 valence electrons. The zero-order valence-corrected chi connectivity index (χ0v) is 7.62. The van der Waals surface area contributed by atoms with E-state index in [1.54, 1.807) is 6.92 Å². The van der Waals surface area contributed by atoms with Crippen molar-refractivity contribution in [1.82, 2.24) is 0 Å². The molecule has 0 aliphatic carbocycles. The summed E-state index contributed by atoms with van der Waals surface area (Å²) in [4.78, 5) is 10.3. The van der Waals surface area contributed by atoms with Gasteiger partial charge in [0, 0.05) is 0 Å². The molecule has 0 rings (SSSR count). The molecule has 0 aliphatic heterocycles. The van der Waals surface area contributed by atoms with Gasteiger partial charge in [-0.15, -0.1) is 0 Å². The van der Waals surface area contributed by atoms with Gasteiger partial charge in [0.2, 0.25) is 0 Å². The SMILES string of the molecule is CCOC(=O)[As](Cl)Cl. The molecule has 0 saturated heterocycles. The molecule has 5 heteroatoms. The summed E-state index contributed by atoms with van der Waals surface area (Å²) in [6.45, 7) is 2.06. The van der Waals surface area contributed by atoms with E-state index in [1.807, 2.05) is 0 Å². The second-order valence-electron chi connectivity index (χ2n) is 0.932. The Bertz CT molecular complexity index is 85.4. The monoisotopic (exact) mass is 218 g/mol. The Balaban J connectivity index is 3.33. The van der Waals surface area contributed by atoms with E-state index in [9.17, 15) is 4.79 Å². The molecule has 0 amide bonds. The van der Waals surface area contributed by atoms with E-state index >= 15 is 0 Å². The fourth-order valence-electron chi connectivity index (χ4n) is 0.172. The zero-order valence-electron chi connectivity index (χ0n) is 4.23. The fraction of sp³-hybridized carbons (Fsp3) is 0.667. The van der Waals surface area contributed by atoms with E-state index in [4.69, 9.17) is 19.9 Å². The van der Waals surface area contributed by atoms with E-state index in [0.717, 1.165) is 0 Å². The molecular formula is C3H5AsCl2O2. The molecule has 2 nitrogen and oxygen atoms in total. The van der Waals surface area contributed by atoms with Crippen LogP contribution in [0, 0.1) is 0 Å². The van der Waals surface area contributed by atoms with Crippen LogP contribution in [-0.2, 0) is 4.74 Å². The molecule has 0 radical (unpaired) electrons. The molecule has 0 aromatic rings. The third kappa shape index (κ3) is 3.59. The summed E-state index contributed by atoms with van der Waals surface area (Å²) in [6, 6.07) is 0. The summed E-state index contributed by atoms with van der Waals surface area (Å²) in [5.74, 6) is 0. The molecule has 0 unspecified atom stereocenters. The van der Waals surface area contributed by atoms with Gasteiger partial charge in [-0.05, 0) is 0 Å². The summed E-state index contributed by atoms with van der Waals surface area (Å²) < 4.78 is 4.02. The van der Waals surface area contributed by atoms with Crippen molar-refractivity contribution in [1.29, 1.82) is 0 Å². The molecule has 0 aromatic carbocycles. The molecular weight excluding hydrogens is 214 g/mol. The quantitative estimate of drug-likeness (QED) is 0.660. The van der Waals surface area contributed by atoms with Gasteiger partial charge in [-0.1, -0.05) is 0 Å². The third-order valence-corrected chi connectivity index (χ3v) is 2.69. The van der Waals surface area contributed by atoms with Gasteiger partial charge in [0.15, 0.2) is 0 Å². The molecule has 0 saturated carbocycles. The van der Waals surface area contributed by atoms with E-state index in [2.05, 4.69) is 4.74 Å². The van der Waals surface area contributed by atoms with Crippen LogP contribution in [0.4, 0.5) is 4.79 Å². The number of hydrogen-bond donors (Lipinski definition) is 0. The molecule has 8 heavy (non-hydrogen) atoms. The van der Waals surface area contributed by atoms with Crippen molar-refractivity contribution in [2.75, 3.05) is 6.61 Å². The first kappa shape index (κ1) is 8.61. The number of carbonyl (C=O) groups is 1. The van der Waals surface area contributed by atoms with Crippen molar-refractivity contribution in [3.8, 4) is 0 Å². The van der Waals surface area contributed by atoms with Crippen LogP contribution in [0.5, 0.6) is 0 Å². The third-order valence-electron chi connectivity index (χ3n) is 0.406. The maximum atomic E-state index is 10.3. The van der Waals surface area contributed by atoms with Crippen LogP contribution in [0.3, 0.4) is 0 Å². The Hall–Kier alpha value is 0.608. The Morgan fingerprint density at radius 2 is 2.25 bits per heavy atom. The van der Waals surface area contributed by atoms with Crippen LogP contribution in [0.15, 0.2) is 0 Å². The zero-order chi connectivity index (χ0) is 6.57. The van der Waals surface area contributed by atoms with Gasteiger partial charge in [0.05, 0.1) is 0 Å². The summed E-state index contributed by atoms with van der Waals surface area (Å²) >= 11 is -2.26. The second-order valence-corrected chi connectivity index (χ2v) is 7.09. The number of ether oxygens (including phenoxy) is 1. The normalized spacial score (nSPS) is 9.50. The van der Waals surface area contributed by atoms with Crippen LogP contribution < -0.4 is 0 Å². The van der Waals surface area contributed by atoms with Crippen molar-refractivity contribution >= 4 is 37.4 Å². The van der Waals surface area contributed by atoms with Crippen LogP contribution in [0.25, 0.3) is 0 Å². The van der Waals surface area contributed by atoms with Gasteiger partial charge in [0.25, 0.3) is 0 Å². The first-order valence-corrected chi connectivity index (χ1v) is 7.84. The van der Waals surface area contributed by atoms with Gasteiger partial charge >= 0.3 is 60.5 Å². The standard InChI is InChI=1S/C3H5AsCl2O2/c1-2-8-3(7)4(5)6/h2H2,1H3. The molecule has 0 heterocycles. The summed E-state index contributed by atoms with van der Waals surface area (Å²) in [7, 11) is 10.5. The molecule has 0 fully saturated rings. The van der Waals surface area contributed by atoms with Crippen molar-refractivity contribution in [3.05, 3.63) is 0 Å². The van der Waals surface area contributed by atoms with Crippen molar-refractivity contribution in [3.63, 3.8) is 0 Å². The van der Waals surface area contributed by atoms with Gasteiger partial charge in [-0.25, -0.2) is 0 Å². The number of rotatable bonds is 2. The molecule has 0 atom stereocenters. The first-order valence-electron chi connectivity index (χ1n) is 1.97.